The van der Waals surface area contributed by atoms with E-state index in [-0.39, 0.29) is 24.8 Å². The summed E-state index contributed by atoms with van der Waals surface area (Å²) >= 11 is 0. The van der Waals surface area contributed by atoms with Crippen LogP contribution >= 0.6 is 0 Å². The summed E-state index contributed by atoms with van der Waals surface area (Å²) in [5.74, 6) is -3.37. The van der Waals surface area contributed by atoms with E-state index in [0.29, 0.717) is 6.04 Å². The van der Waals surface area contributed by atoms with E-state index in [9.17, 15) is 18.4 Å². The van der Waals surface area contributed by atoms with Crippen molar-refractivity contribution in [3.05, 3.63) is 47.3 Å². The van der Waals surface area contributed by atoms with Gasteiger partial charge in [-0.2, -0.15) is 5.10 Å². The Balaban J connectivity index is 0.00000300. The van der Waals surface area contributed by atoms with Crippen LogP contribution in [0, 0.1) is 11.6 Å². The highest BCUT2D eigenvalue weighted by atomic mass is 19.1. The number of amides is 2. The highest BCUT2D eigenvalue weighted by Crippen LogP contribution is 2.23. The average molecular weight is 407 g/mol. The minimum atomic E-state index is -0.988. The number of carbonyl (C=O) groups is 2. The van der Waals surface area contributed by atoms with Crippen molar-refractivity contribution in [1.29, 1.82) is 0 Å². The molecule has 2 aromatic rings. The van der Waals surface area contributed by atoms with Gasteiger partial charge in [-0.3, -0.25) is 14.7 Å². The second-order valence-corrected chi connectivity index (χ2v) is 7.15. The fraction of sp³-hybridized carbons (Fsp3) is 0.450. The van der Waals surface area contributed by atoms with Crippen molar-refractivity contribution in [2.75, 3.05) is 19.4 Å². The summed E-state index contributed by atoms with van der Waals surface area (Å²) in [6.45, 7) is 0. The van der Waals surface area contributed by atoms with Crippen LogP contribution in [0.25, 0.3) is 0 Å². The number of benzene rings is 1. The van der Waals surface area contributed by atoms with Gasteiger partial charge in [0.05, 0.1) is 11.9 Å². The number of rotatable bonds is 5. The molecule has 0 atom stereocenters. The maximum atomic E-state index is 13.8. The smallest absolute Gasteiger partial charge is 0.271 e. The van der Waals surface area contributed by atoms with Gasteiger partial charge in [0.2, 0.25) is 0 Å². The van der Waals surface area contributed by atoms with E-state index in [1.807, 2.05) is 14.1 Å². The molecule has 1 heterocycles. The van der Waals surface area contributed by atoms with Crippen molar-refractivity contribution in [2.24, 2.45) is 0 Å². The Bertz CT molecular complexity index is 840. The van der Waals surface area contributed by atoms with Crippen molar-refractivity contribution in [1.82, 2.24) is 20.4 Å². The van der Waals surface area contributed by atoms with Crippen molar-refractivity contribution in [2.45, 2.75) is 45.2 Å². The summed E-state index contributed by atoms with van der Waals surface area (Å²) < 4.78 is 27.6. The van der Waals surface area contributed by atoms with E-state index in [2.05, 4.69) is 25.7 Å². The van der Waals surface area contributed by atoms with Crippen LogP contribution in [0.2, 0.25) is 0 Å². The fourth-order valence-electron chi connectivity index (χ4n) is 3.45. The first-order chi connectivity index (χ1) is 13.4. The van der Waals surface area contributed by atoms with Crippen LogP contribution in [0.5, 0.6) is 0 Å². The van der Waals surface area contributed by atoms with Gasteiger partial charge in [0, 0.05) is 12.1 Å². The van der Waals surface area contributed by atoms with Crippen LogP contribution < -0.4 is 10.6 Å². The normalized spacial score (nSPS) is 18.8. The summed E-state index contributed by atoms with van der Waals surface area (Å²) in [4.78, 5) is 27.0. The van der Waals surface area contributed by atoms with Gasteiger partial charge in [0.1, 0.15) is 22.9 Å². The fourth-order valence-corrected chi connectivity index (χ4v) is 3.45. The zero-order chi connectivity index (χ0) is 20.3. The third-order valence-corrected chi connectivity index (χ3v) is 5.07. The number of hydrogen-bond donors (Lipinski definition) is 3. The molecule has 29 heavy (non-hydrogen) atoms. The van der Waals surface area contributed by atoms with E-state index in [0.717, 1.165) is 37.8 Å². The Morgan fingerprint density at radius 3 is 2.31 bits per heavy atom. The number of hydrogen-bond acceptors (Lipinski definition) is 4. The maximum Gasteiger partial charge on any atom is 0.271 e. The largest absolute Gasteiger partial charge is 0.348 e. The third-order valence-electron chi connectivity index (χ3n) is 5.07. The zero-order valence-corrected chi connectivity index (χ0v) is 15.8. The molecule has 0 spiro atoms. The van der Waals surface area contributed by atoms with E-state index < -0.39 is 29.0 Å². The molecule has 9 heteroatoms. The monoisotopic (exact) mass is 407 g/mol. The molecule has 2 amide bonds. The summed E-state index contributed by atoms with van der Waals surface area (Å²) in [5.41, 5.74) is -0.607. The van der Waals surface area contributed by atoms with E-state index in [1.54, 1.807) is 0 Å². The number of halogens is 2. The van der Waals surface area contributed by atoms with Crippen LogP contribution in [0.15, 0.2) is 24.4 Å². The zero-order valence-electron chi connectivity index (χ0n) is 15.8. The molecule has 0 saturated heterocycles. The van der Waals surface area contributed by atoms with Gasteiger partial charge in [-0.15, -0.1) is 0 Å². The molecule has 1 aliphatic rings. The van der Waals surface area contributed by atoms with Crippen LogP contribution in [0.3, 0.4) is 0 Å². The quantitative estimate of drug-likeness (QED) is 0.710. The molecule has 3 rings (SSSR count). The molecule has 158 valence electrons. The SMILES string of the molecule is C.CN(C)C1CCC(NC(=O)c2[nH]ncc2NC(=O)c2c(F)cccc2F)CC1. The van der Waals surface area contributed by atoms with E-state index >= 15 is 0 Å². The summed E-state index contributed by atoms with van der Waals surface area (Å²) in [6.07, 6.45) is 4.90. The topological polar surface area (TPSA) is 90.1 Å². The molecule has 1 saturated carbocycles. The Kier molecular flexibility index (Phi) is 7.44. The molecule has 0 aliphatic heterocycles. The number of anilines is 1. The van der Waals surface area contributed by atoms with Gasteiger partial charge in [0.15, 0.2) is 0 Å². The lowest BCUT2D eigenvalue weighted by Crippen LogP contribution is -2.42. The molecule has 1 aromatic heterocycles. The summed E-state index contributed by atoms with van der Waals surface area (Å²) in [5, 5.41) is 11.6. The van der Waals surface area contributed by atoms with E-state index in [4.69, 9.17) is 0 Å². The van der Waals surface area contributed by atoms with Gasteiger partial charge >= 0.3 is 0 Å². The molecule has 1 fully saturated rings. The average Bonchev–Trinajstić information content (AvgIpc) is 3.10. The highest BCUT2D eigenvalue weighted by molar-refractivity contribution is 6.08. The van der Waals surface area contributed by atoms with Crippen molar-refractivity contribution in [3.63, 3.8) is 0 Å². The minimum absolute atomic E-state index is 0. The predicted octanol–water partition coefficient (Wildman–Crippen LogP) is 3.18. The Morgan fingerprint density at radius 2 is 1.72 bits per heavy atom. The molecule has 7 nitrogen and oxygen atoms in total. The van der Waals surface area contributed by atoms with Gasteiger partial charge in [-0.1, -0.05) is 13.5 Å². The Morgan fingerprint density at radius 1 is 1.10 bits per heavy atom. The Hall–Kier alpha value is -2.81. The molecule has 0 radical (unpaired) electrons. The minimum Gasteiger partial charge on any atom is -0.348 e. The maximum absolute atomic E-state index is 13.8. The second kappa shape index (κ2) is 9.60. The lowest BCUT2D eigenvalue weighted by Gasteiger charge is -2.32. The third kappa shape index (κ3) is 5.17. The second-order valence-electron chi connectivity index (χ2n) is 7.15. The molecular formula is C20H27F2N5O2. The Labute approximate surface area is 168 Å². The molecule has 0 unspecified atom stereocenters. The first-order valence-electron chi connectivity index (χ1n) is 9.13. The number of carbonyl (C=O) groups excluding carboxylic acids is 2. The number of aromatic amines is 1. The summed E-state index contributed by atoms with van der Waals surface area (Å²) in [6, 6.07) is 3.68. The molecule has 1 aliphatic carbocycles. The number of nitrogens with zero attached hydrogens (tertiary/aromatic N) is 2. The molecule has 0 bridgehead atoms. The van der Waals surface area contributed by atoms with Crippen LogP contribution in [0.4, 0.5) is 14.5 Å². The van der Waals surface area contributed by atoms with Gasteiger partial charge < -0.3 is 15.5 Å². The van der Waals surface area contributed by atoms with Crippen LogP contribution in [-0.4, -0.2) is 53.1 Å². The first kappa shape index (κ1) is 22.5. The van der Waals surface area contributed by atoms with Gasteiger partial charge in [-0.05, 0) is 51.9 Å². The van der Waals surface area contributed by atoms with Crippen molar-refractivity contribution in [3.8, 4) is 0 Å². The van der Waals surface area contributed by atoms with E-state index in [1.165, 1.54) is 12.3 Å². The predicted molar refractivity (Wildman–Crippen MR) is 107 cm³/mol. The molecule has 3 N–H and O–H groups in total. The molecular weight excluding hydrogens is 380 g/mol. The standard InChI is InChI=1S/C19H23F2N5O2.CH4/c1-26(2)12-8-6-11(7-9-12)23-19(28)17-15(10-22-25-17)24-18(27)16-13(20)4-3-5-14(16)21;/h3-5,10-12H,6-9H2,1-2H3,(H,22,25)(H,23,28)(H,24,27);1H4. The lowest BCUT2D eigenvalue weighted by molar-refractivity contribution is 0.0912. The number of H-pyrrole nitrogens is 1. The van der Waals surface area contributed by atoms with Gasteiger partial charge in [0.25, 0.3) is 11.8 Å². The number of nitrogens with one attached hydrogen (secondary N) is 3. The summed E-state index contributed by atoms with van der Waals surface area (Å²) in [7, 11) is 4.09. The van der Waals surface area contributed by atoms with Gasteiger partial charge in [-0.25, -0.2) is 8.78 Å². The van der Waals surface area contributed by atoms with Crippen LogP contribution in [-0.2, 0) is 0 Å². The van der Waals surface area contributed by atoms with Crippen molar-refractivity contribution >= 4 is 17.5 Å². The first-order valence-corrected chi connectivity index (χ1v) is 9.13. The van der Waals surface area contributed by atoms with Crippen molar-refractivity contribution < 1.29 is 18.4 Å². The highest BCUT2D eigenvalue weighted by Gasteiger charge is 2.26. The molecule has 1 aromatic carbocycles. The number of aromatic nitrogens is 2. The van der Waals surface area contributed by atoms with Crippen LogP contribution in [0.1, 0.15) is 54.0 Å². The lowest BCUT2D eigenvalue weighted by atomic mass is 9.90.